The number of ether oxygens (including phenoxy) is 1. The van der Waals surface area contributed by atoms with Gasteiger partial charge in [-0.3, -0.25) is 9.59 Å². The Bertz CT molecular complexity index is 1570. The molecule has 0 aliphatic carbocycles. The topological polar surface area (TPSA) is 117 Å². The van der Waals surface area contributed by atoms with Gasteiger partial charge in [-0.05, 0) is 61.9 Å². The lowest BCUT2D eigenvalue weighted by atomic mass is 9.99. The predicted molar refractivity (Wildman–Crippen MR) is 137 cm³/mol. The number of fused-ring (bicyclic) bond motifs is 1. The third-order valence-electron chi connectivity index (χ3n) is 5.66. The van der Waals surface area contributed by atoms with Crippen molar-refractivity contribution in [3.05, 3.63) is 70.6 Å². The van der Waals surface area contributed by atoms with Gasteiger partial charge in [-0.1, -0.05) is 17.7 Å². The molecule has 0 unspecified atom stereocenters. The van der Waals surface area contributed by atoms with Gasteiger partial charge in [-0.25, -0.2) is 9.37 Å². The number of halogens is 2. The Balaban J connectivity index is 1.90. The third-order valence-corrected chi connectivity index (χ3v) is 5.95. The maximum atomic E-state index is 13.5. The number of nitrogens with zero attached hydrogens (tertiary/aromatic N) is 2. The molecule has 0 radical (unpaired) electrons. The first-order chi connectivity index (χ1) is 17.6. The van der Waals surface area contributed by atoms with Crippen LogP contribution in [0.25, 0.3) is 33.6 Å². The summed E-state index contributed by atoms with van der Waals surface area (Å²) in [7, 11) is 2.91. The van der Waals surface area contributed by atoms with Gasteiger partial charge in [-0.2, -0.15) is 5.26 Å². The molecule has 2 heterocycles. The van der Waals surface area contributed by atoms with Gasteiger partial charge in [0, 0.05) is 18.2 Å². The summed E-state index contributed by atoms with van der Waals surface area (Å²) in [6.07, 6.45) is 0. The maximum Gasteiger partial charge on any atom is 0.256 e. The van der Waals surface area contributed by atoms with Crippen molar-refractivity contribution in [2.24, 2.45) is 0 Å². The van der Waals surface area contributed by atoms with Crippen molar-refractivity contribution in [1.29, 1.82) is 5.26 Å². The molecule has 188 valence electrons. The molecule has 10 heteroatoms. The number of nitriles is 1. The first-order valence-corrected chi connectivity index (χ1v) is 11.5. The number of amides is 2. The van der Waals surface area contributed by atoms with Crippen molar-refractivity contribution in [3.63, 3.8) is 0 Å². The van der Waals surface area contributed by atoms with Gasteiger partial charge in [-0.15, -0.1) is 0 Å². The Morgan fingerprint density at radius 3 is 2.41 bits per heavy atom. The van der Waals surface area contributed by atoms with Crippen LogP contribution in [0, 0.1) is 17.1 Å². The van der Waals surface area contributed by atoms with Crippen LogP contribution in [-0.2, 0) is 0 Å². The van der Waals surface area contributed by atoms with Crippen molar-refractivity contribution in [3.8, 4) is 34.3 Å². The van der Waals surface area contributed by atoms with E-state index in [0.717, 1.165) is 0 Å². The number of carbonyl (C=O) groups excluding carboxylic acids is 2. The van der Waals surface area contributed by atoms with Gasteiger partial charge in [0.15, 0.2) is 0 Å². The lowest BCUT2D eigenvalue weighted by Crippen LogP contribution is -2.42. The van der Waals surface area contributed by atoms with Crippen LogP contribution in [-0.4, -0.2) is 36.5 Å². The quantitative estimate of drug-likeness (QED) is 0.331. The van der Waals surface area contributed by atoms with Crippen molar-refractivity contribution in [2.45, 2.75) is 19.4 Å². The molecular formula is C27H22ClFN4O4. The molecule has 0 aliphatic heterocycles. The summed E-state index contributed by atoms with van der Waals surface area (Å²) in [4.78, 5) is 30.2. The van der Waals surface area contributed by atoms with Crippen molar-refractivity contribution in [1.82, 2.24) is 15.6 Å². The average molecular weight is 521 g/mol. The van der Waals surface area contributed by atoms with Crippen LogP contribution >= 0.6 is 11.6 Å². The molecule has 2 aromatic heterocycles. The first-order valence-electron chi connectivity index (χ1n) is 11.1. The summed E-state index contributed by atoms with van der Waals surface area (Å²) >= 11 is 6.52. The zero-order valence-corrected chi connectivity index (χ0v) is 21.2. The first kappa shape index (κ1) is 25.7. The number of benzene rings is 2. The molecule has 4 aromatic rings. The van der Waals surface area contributed by atoms with Gasteiger partial charge in [0.2, 0.25) is 5.71 Å². The molecule has 37 heavy (non-hydrogen) atoms. The van der Waals surface area contributed by atoms with Crippen molar-refractivity contribution in [2.75, 3.05) is 14.2 Å². The molecule has 4 rings (SSSR count). The Morgan fingerprint density at radius 1 is 1.11 bits per heavy atom. The number of carbonyl (C=O) groups is 2. The largest absolute Gasteiger partial charge is 0.496 e. The molecule has 0 fully saturated rings. The zero-order chi connectivity index (χ0) is 26.9. The van der Waals surface area contributed by atoms with E-state index in [0.29, 0.717) is 27.8 Å². The fraction of sp³-hybridized carbons (Fsp3) is 0.185. The Hall–Kier alpha value is -4.42. The number of aromatic nitrogens is 1. The molecule has 2 N–H and O–H groups in total. The van der Waals surface area contributed by atoms with Gasteiger partial charge in [0.05, 0.1) is 29.7 Å². The summed E-state index contributed by atoms with van der Waals surface area (Å²) in [5, 5.41) is 15.0. The second kappa shape index (κ2) is 9.91. The summed E-state index contributed by atoms with van der Waals surface area (Å²) in [6, 6.07) is 14.1. The molecule has 0 atom stereocenters. The van der Waals surface area contributed by atoms with Crippen LogP contribution in [0.4, 0.5) is 4.39 Å². The van der Waals surface area contributed by atoms with E-state index in [1.54, 1.807) is 38.1 Å². The normalized spacial score (nSPS) is 11.2. The van der Waals surface area contributed by atoms with Gasteiger partial charge < -0.3 is 19.8 Å². The zero-order valence-electron chi connectivity index (χ0n) is 20.4. The van der Waals surface area contributed by atoms with Crippen LogP contribution in [0.15, 0.2) is 52.9 Å². The molecule has 0 spiro atoms. The number of rotatable bonds is 6. The van der Waals surface area contributed by atoms with E-state index in [1.165, 1.54) is 38.4 Å². The summed E-state index contributed by atoms with van der Waals surface area (Å²) in [5.41, 5.74) is 0.844. The molecule has 0 bridgehead atoms. The van der Waals surface area contributed by atoms with Gasteiger partial charge in [0.25, 0.3) is 11.8 Å². The van der Waals surface area contributed by atoms with Crippen LogP contribution in [0.2, 0.25) is 5.15 Å². The third kappa shape index (κ3) is 4.97. The van der Waals surface area contributed by atoms with E-state index in [-0.39, 0.29) is 27.8 Å². The monoisotopic (exact) mass is 520 g/mol. The molecule has 0 aliphatic rings. The summed E-state index contributed by atoms with van der Waals surface area (Å²) in [5.74, 6) is -0.857. The highest BCUT2D eigenvalue weighted by Crippen LogP contribution is 2.38. The Kier molecular flexibility index (Phi) is 6.88. The number of pyridine rings is 1. The highest BCUT2D eigenvalue weighted by atomic mass is 35.5. The van der Waals surface area contributed by atoms with E-state index in [4.69, 9.17) is 20.8 Å². The molecule has 2 amide bonds. The molecule has 0 saturated carbocycles. The molecular weight excluding hydrogens is 499 g/mol. The summed E-state index contributed by atoms with van der Waals surface area (Å²) in [6.45, 7) is 3.15. The van der Waals surface area contributed by atoms with E-state index in [9.17, 15) is 19.2 Å². The van der Waals surface area contributed by atoms with Crippen molar-refractivity contribution < 1.29 is 23.1 Å². The van der Waals surface area contributed by atoms with E-state index in [1.807, 2.05) is 6.07 Å². The Labute approximate surface area is 217 Å². The van der Waals surface area contributed by atoms with Crippen LogP contribution in [0.3, 0.4) is 0 Å². The lowest BCUT2D eigenvalue weighted by Gasteiger charge is -2.19. The van der Waals surface area contributed by atoms with Crippen LogP contribution < -0.4 is 15.4 Å². The SMILES string of the molecule is CNC(=O)c1c(-c2ccc(F)cc2)oc2nc(Cl)c(-c3ccc(OC)c(C(=O)NC(C)(C)C#N)c3)cc12. The van der Waals surface area contributed by atoms with E-state index in [2.05, 4.69) is 15.6 Å². The van der Waals surface area contributed by atoms with Gasteiger partial charge in [0.1, 0.15) is 28.0 Å². The minimum absolute atomic E-state index is 0.0734. The molecule has 8 nitrogen and oxygen atoms in total. The highest BCUT2D eigenvalue weighted by Gasteiger charge is 2.26. The Morgan fingerprint density at radius 2 is 1.78 bits per heavy atom. The average Bonchev–Trinajstić information content (AvgIpc) is 3.25. The van der Waals surface area contributed by atoms with Crippen molar-refractivity contribution >= 4 is 34.5 Å². The number of hydrogen-bond acceptors (Lipinski definition) is 6. The second-order valence-corrected chi connectivity index (χ2v) is 9.04. The van der Waals surface area contributed by atoms with E-state index < -0.39 is 23.2 Å². The summed E-state index contributed by atoms with van der Waals surface area (Å²) < 4.78 is 24.7. The standard InChI is InChI=1S/C27H22ClFN4O4/c1-27(2,13-30)33-24(34)18-11-15(7-10-20(18)36-4)17-12-19-21(25(35)31-3)22(37-26(19)32-23(17)28)14-5-8-16(29)9-6-14/h5-12H,1-4H3,(H,31,35)(H,33,34). The smallest absolute Gasteiger partial charge is 0.256 e. The van der Waals surface area contributed by atoms with Crippen LogP contribution in [0.1, 0.15) is 34.6 Å². The highest BCUT2D eigenvalue weighted by molar-refractivity contribution is 6.33. The fourth-order valence-corrected chi connectivity index (χ4v) is 4.03. The number of furan rings is 1. The number of hydrogen-bond donors (Lipinski definition) is 2. The lowest BCUT2D eigenvalue weighted by molar-refractivity contribution is 0.0924. The molecule has 2 aromatic carbocycles. The van der Waals surface area contributed by atoms with Crippen LogP contribution in [0.5, 0.6) is 5.75 Å². The minimum Gasteiger partial charge on any atom is -0.496 e. The predicted octanol–water partition coefficient (Wildman–Crippen LogP) is 5.35. The minimum atomic E-state index is -1.10. The number of methoxy groups -OCH3 is 1. The fourth-order valence-electron chi connectivity index (χ4n) is 3.79. The maximum absolute atomic E-state index is 13.5. The van der Waals surface area contributed by atoms with E-state index >= 15 is 0 Å². The van der Waals surface area contributed by atoms with Gasteiger partial charge >= 0.3 is 0 Å². The second-order valence-electron chi connectivity index (χ2n) is 8.68. The number of nitrogens with one attached hydrogen (secondary N) is 2. The molecule has 0 saturated heterocycles.